The van der Waals surface area contributed by atoms with Crippen molar-refractivity contribution in [1.82, 2.24) is 4.90 Å². The molecule has 1 aromatic rings. The van der Waals surface area contributed by atoms with Crippen LogP contribution in [0.4, 0.5) is 0 Å². The summed E-state index contributed by atoms with van der Waals surface area (Å²) in [6.07, 6.45) is 3.98. The Balaban J connectivity index is 1.73. The maximum absolute atomic E-state index is 11.9. The van der Waals surface area contributed by atoms with Crippen LogP contribution < -0.4 is 0 Å². The summed E-state index contributed by atoms with van der Waals surface area (Å²) >= 11 is 2.04. The number of hydrogen-bond donors (Lipinski definition) is 1. The van der Waals surface area contributed by atoms with Gasteiger partial charge < -0.3 is 10.0 Å². The number of benzene rings is 1. The summed E-state index contributed by atoms with van der Waals surface area (Å²) in [5.41, 5.74) is 0.289. The van der Waals surface area contributed by atoms with Gasteiger partial charge in [-0.1, -0.05) is 30.3 Å². The van der Waals surface area contributed by atoms with E-state index in [-0.39, 0.29) is 0 Å². The van der Waals surface area contributed by atoms with E-state index in [4.69, 9.17) is 0 Å². The zero-order valence-corrected chi connectivity index (χ0v) is 13.1. The fourth-order valence-corrected chi connectivity index (χ4v) is 4.79. The molecule has 3 nitrogen and oxygen atoms in total. The van der Waals surface area contributed by atoms with Crippen LogP contribution in [0.3, 0.4) is 0 Å². The molecule has 2 heterocycles. The Morgan fingerprint density at radius 1 is 1.14 bits per heavy atom. The van der Waals surface area contributed by atoms with Crippen LogP contribution in [0.25, 0.3) is 0 Å². The van der Waals surface area contributed by atoms with Crippen molar-refractivity contribution in [3.05, 3.63) is 35.9 Å². The summed E-state index contributed by atoms with van der Waals surface area (Å²) in [4.78, 5) is 14.5. The average molecular weight is 305 g/mol. The fraction of sp³-hybridized carbons (Fsp3) is 0.588. The van der Waals surface area contributed by atoms with E-state index in [1.807, 2.05) is 42.1 Å². The minimum atomic E-state index is -0.679. The molecule has 3 rings (SSSR count). The van der Waals surface area contributed by atoms with E-state index in [2.05, 4.69) is 4.90 Å². The molecule has 0 atom stereocenters. The first-order valence-electron chi connectivity index (χ1n) is 7.83. The van der Waals surface area contributed by atoms with E-state index in [1.165, 1.54) is 24.3 Å². The number of aliphatic carboxylic acids is 1. The van der Waals surface area contributed by atoms with Crippen molar-refractivity contribution >= 4 is 17.7 Å². The Morgan fingerprint density at radius 3 is 2.33 bits per heavy atom. The summed E-state index contributed by atoms with van der Waals surface area (Å²) in [5, 5.41) is 9.82. The van der Waals surface area contributed by atoms with Crippen molar-refractivity contribution in [3.63, 3.8) is 0 Å². The van der Waals surface area contributed by atoms with Gasteiger partial charge in [0.2, 0.25) is 0 Å². The van der Waals surface area contributed by atoms with Crippen LogP contribution in [0, 0.1) is 0 Å². The molecule has 1 N–H and O–H groups in total. The van der Waals surface area contributed by atoms with Crippen molar-refractivity contribution < 1.29 is 9.90 Å². The number of carboxylic acids is 1. The average Bonchev–Trinajstić information content (AvgIpc) is 2.56. The molecule has 0 saturated carbocycles. The van der Waals surface area contributed by atoms with Gasteiger partial charge in [0.1, 0.15) is 0 Å². The SMILES string of the molecule is O=C(O)C1(c2ccccc2)CCN(C2CCSCC2)CC1. The third-order valence-corrected chi connectivity index (χ3v) is 6.14. The Bertz CT molecular complexity index is 477. The van der Waals surface area contributed by atoms with Crippen molar-refractivity contribution in [2.45, 2.75) is 37.1 Å². The van der Waals surface area contributed by atoms with Crippen LogP contribution >= 0.6 is 11.8 Å². The predicted molar refractivity (Wildman–Crippen MR) is 86.9 cm³/mol. The first-order valence-corrected chi connectivity index (χ1v) is 8.98. The number of piperidine rings is 1. The molecule has 1 aromatic carbocycles. The lowest BCUT2D eigenvalue weighted by Crippen LogP contribution is -2.51. The van der Waals surface area contributed by atoms with Crippen LogP contribution in [-0.2, 0) is 10.2 Å². The highest BCUT2D eigenvalue weighted by Gasteiger charge is 2.43. The van der Waals surface area contributed by atoms with Gasteiger partial charge in [-0.3, -0.25) is 4.79 Å². The smallest absolute Gasteiger partial charge is 0.314 e. The zero-order chi connectivity index (χ0) is 14.7. The maximum atomic E-state index is 11.9. The van der Waals surface area contributed by atoms with E-state index < -0.39 is 11.4 Å². The number of carboxylic acid groups (broad SMARTS) is 1. The van der Waals surface area contributed by atoms with Gasteiger partial charge in [0.05, 0.1) is 5.41 Å². The third-order valence-electron chi connectivity index (χ3n) is 5.09. The van der Waals surface area contributed by atoms with Crippen molar-refractivity contribution in [2.75, 3.05) is 24.6 Å². The van der Waals surface area contributed by atoms with Crippen LogP contribution in [-0.4, -0.2) is 46.6 Å². The first-order chi connectivity index (χ1) is 10.2. The van der Waals surface area contributed by atoms with E-state index >= 15 is 0 Å². The molecule has 0 unspecified atom stereocenters. The summed E-state index contributed by atoms with van der Waals surface area (Å²) in [7, 11) is 0. The molecule has 21 heavy (non-hydrogen) atoms. The standard InChI is InChI=1S/C17H23NO2S/c19-16(20)17(14-4-2-1-3-5-14)8-10-18(11-9-17)15-6-12-21-13-7-15/h1-5,15H,6-13H2,(H,19,20). The topological polar surface area (TPSA) is 40.5 Å². The van der Waals surface area contributed by atoms with Gasteiger partial charge in [0.25, 0.3) is 0 Å². The summed E-state index contributed by atoms with van der Waals surface area (Å²) in [5.74, 6) is 1.85. The number of nitrogens with zero attached hydrogens (tertiary/aromatic N) is 1. The molecule has 0 aliphatic carbocycles. The fourth-order valence-electron chi connectivity index (χ4n) is 3.70. The second-order valence-corrected chi connectivity index (χ2v) is 7.36. The highest BCUT2D eigenvalue weighted by Crippen LogP contribution is 2.37. The predicted octanol–water partition coefficient (Wildman–Crippen LogP) is 3.00. The van der Waals surface area contributed by atoms with Crippen LogP contribution in [0.15, 0.2) is 30.3 Å². The van der Waals surface area contributed by atoms with E-state index in [0.29, 0.717) is 6.04 Å². The summed E-state index contributed by atoms with van der Waals surface area (Å²) in [6, 6.07) is 10.5. The van der Waals surface area contributed by atoms with E-state index in [0.717, 1.165) is 31.5 Å². The molecule has 0 bridgehead atoms. The van der Waals surface area contributed by atoms with Gasteiger partial charge in [-0.25, -0.2) is 0 Å². The maximum Gasteiger partial charge on any atom is 0.314 e. The lowest BCUT2D eigenvalue weighted by molar-refractivity contribution is -0.146. The van der Waals surface area contributed by atoms with Gasteiger partial charge in [-0.2, -0.15) is 11.8 Å². The molecule has 2 aliphatic heterocycles. The Morgan fingerprint density at radius 2 is 1.76 bits per heavy atom. The molecule has 114 valence electrons. The highest BCUT2D eigenvalue weighted by molar-refractivity contribution is 7.99. The van der Waals surface area contributed by atoms with Gasteiger partial charge in [-0.05, 0) is 55.8 Å². The molecule has 4 heteroatoms. The number of likely N-dealkylation sites (tertiary alicyclic amines) is 1. The lowest BCUT2D eigenvalue weighted by atomic mass is 9.72. The van der Waals surface area contributed by atoms with Crippen LogP contribution in [0.2, 0.25) is 0 Å². The van der Waals surface area contributed by atoms with Crippen molar-refractivity contribution in [3.8, 4) is 0 Å². The third kappa shape index (κ3) is 2.97. The summed E-state index contributed by atoms with van der Waals surface area (Å²) < 4.78 is 0. The minimum absolute atomic E-state index is 0.660. The van der Waals surface area contributed by atoms with E-state index in [9.17, 15) is 9.90 Å². The van der Waals surface area contributed by atoms with Crippen molar-refractivity contribution in [2.24, 2.45) is 0 Å². The number of rotatable bonds is 3. The largest absolute Gasteiger partial charge is 0.481 e. The van der Waals surface area contributed by atoms with Gasteiger partial charge in [0.15, 0.2) is 0 Å². The number of carbonyl (C=O) groups is 1. The van der Waals surface area contributed by atoms with Gasteiger partial charge in [-0.15, -0.1) is 0 Å². The second-order valence-electron chi connectivity index (χ2n) is 6.13. The Kier molecular flexibility index (Phi) is 4.55. The second kappa shape index (κ2) is 6.41. The molecule has 2 fully saturated rings. The Labute approximate surface area is 130 Å². The van der Waals surface area contributed by atoms with Gasteiger partial charge >= 0.3 is 5.97 Å². The first kappa shape index (κ1) is 14.9. The van der Waals surface area contributed by atoms with Crippen LogP contribution in [0.5, 0.6) is 0 Å². The number of hydrogen-bond acceptors (Lipinski definition) is 3. The normalized spacial score (nSPS) is 23.8. The van der Waals surface area contributed by atoms with Gasteiger partial charge in [0, 0.05) is 6.04 Å². The minimum Gasteiger partial charge on any atom is -0.481 e. The molecule has 0 radical (unpaired) electrons. The van der Waals surface area contributed by atoms with E-state index in [1.54, 1.807) is 0 Å². The summed E-state index contributed by atoms with van der Waals surface area (Å²) in [6.45, 7) is 1.83. The molecular formula is C17H23NO2S. The van der Waals surface area contributed by atoms with Crippen molar-refractivity contribution in [1.29, 1.82) is 0 Å². The number of thioether (sulfide) groups is 1. The highest BCUT2D eigenvalue weighted by atomic mass is 32.2. The van der Waals surface area contributed by atoms with Crippen LogP contribution in [0.1, 0.15) is 31.2 Å². The molecule has 0 spiro atoms. The molecule has 2 aliphatic rings. The quantitative estimate of drug-likeness (QED) is 0.932. The molecule has 2 saturated heterocycles. The zero-order valence-electron chi connectivity index (χ0n) is 12.3. The lowest BCUT2D eigenvalue weighted by Gasteiger charge is -2.43. The molecular weight excluding hydrogens is 282 g/mol. The molecule has 0 amide bonds. The Hall–Kier alpha value is -1.00. The molecule has 0 aromatic heterocycles. The monoisotopic (exact) mass is 305 g/mol.